The highest BCUT2D eigenvalue weighted by Crippen LogP contribution is 2.51. The van der Waals surface area contributed by atoms with Gasteiger partial charge in [0.1, 0.15) is 0 Å². The highest BCUT2D eigenvalue weighted by molar-refractivity contribution is 5.01. The van der Waals surface area contributed by atoms with Gasteiger partial charge in [-0.2, -0.15) is 0 Å². The first kappa shape index (κ1) is 9.90. The van der Waals surface area contributed by atoms with Crippen LogP contribution in [-0.2, 0) is 9.47 Å². The molecule has 0 N–H and O–H groups in total. The Morgan fingerprint density at radius 2 is 1.50 bits per heavy atom. The summed E-state index contributed by atoms with van der Waals surface area (Å²) in [5, 5.41) is 0. The molecule has 2 saturated carbocycles. The van der Waals surface area contributed by atoms with Gasteiger partial charge in [0, 0.05) is 0 Å². The molecule has 4 fully saturated rings. The van der Waals surface area contributed by atoms with E-state index in [0.29, 0.717) is 24.4 Å². The Morgan fingerprint density at radius 1 is 0.875 bits per heavy atom. The van der Waals surface area contributed by atoms with Crippen molar-refractivity contribution in [1.29, 1.82) is 0 Å². The van der Waals surface area contributed by atoms with Gasteiger partial charge in [0.2, 0.25) is 0 Å². The number of fused-ring (bicyclic) bond motifs is 2. The predicted octanol–water partition coefficient (Wildman–Crippen LogP) is 2.76. The number of hydrogen-bond acceptors (Lipinski definition) is 2. The molecular weight excluding hydrogens is 200 g/mol. The summed E-state index contributed by atoms with van der Waals surface area (Å²) in [4.78, 5) is 0. The van der Waals surface area contributed by atoms with E-state index in [-0.39, 0.29) is 0 Å². The van der Waals surface area contributed by atoms with Crippen LogP contribution in [0.5, 0.6) is 0 Å². The van der Waals surface area contributed by atoms with Gasteiger partial charge in [0.15, 0.2) is 0 Å². The molecular formula is C14H22O2. The monoisotopic (exact) mass is 222 g/mol. The Morgan fingerprint density at radius 3 is 2.19 bits per heavy atom. The first-order valence-corrected chi connectivity index (χ1v) is 7.16. The molecule has 4 rings (SSSR count). The quantitative estimate of drug-likeness (QED) is 0.686. The molecule has 6 atom stereocenters. The van der Waals surface area contributed by atoms with E-state index in [1.54, 1.807) is 0 Å². The average molecular weight is 222 g/mol. The number of ether oxygens (including phenoxy) is 2. The van der Waals surface area contributed by atoms with Gasteiger partial charge in [-0.3, -0.25) is 0 Å². The van der Waals surface area contributed by atoms with Crippen LogP contribution in [0.25, 0.3) is 0 Å². The van der Waals surface area contributed by atoms with E-state index in [9.17, 15) is 0 Å². The first-order chi connectivity index (χ1) is 7.85. The minimum atomic E-state index is 0.653. The van der Waals surface area contributed by atoms with Crippen molar-refractivity contribution < 1.29 is 9.47 Å². The number of epoxide rings is 2. The lowest BCUT2D eigenvalue weighted by Gasteiger charge is -2.33. The highest BCUT2D eigenvalue weighted by atomic mass is 16.6. The summed E-state index contributed by atoms with van der Waals surface area (Å²) in [6, 6.07) is 0. The maximum Gasteiger partial charge on any atom is 0.0844 e. The lowest BCUT2D eigenvalue weighted by atomic mass is 9.72. The lowest BCUT2D eigenvalue weighted by Crippen LogP contribution is -2.27. The largest absolute Gasteiger partial charge is 0.370 e. The highest BCUT2D eigenvalue weighted by Gasteiger charge is 2.52. The molecule has 2 saturated heterocycles. The van der Waals surface area contributed by atoms with Gasteiger partial charge >= 0.3 is 0 Å². The van der Waals surface area contributed by atoms with Gasteiger partial charge in [-0.1, -0.05) is 13.3 Å². The van der Waals surface area contributed by atoms with E-state index in [0.717, 1.165) is 17.8 Å². The Kier molecular flexibility index (Phi) is 2.14. The Bertz CT molecular complexity index is 280. The molecule has 2 aliphatic carbocycles. The van der Waals surface area contributed by atoms with Crippen LogP contribution in [0.2, 0.25) is 0 Å². The zero-order chi connectivity index (χ0) is 10.7. The maximum atomic E-state index is 5.67. The molecule has 2 aliphatic heterocycles. The van der Waals surface area contributed by atoms with Crippen molar-refractivity contribution >= 4 is 0 Å². The molecule has 16 heavy (non-hydrogen) atoms. The second-order valence-electron chi connectivity index (χ2n) is 6.30. The van der Waals surface area contributed by atoms with Gasteiger partial charge in [-0.25, -0.2) is 0 Å². The predicted molar refractivity (Wildman–Crippen MR) is 61.2 cm³/mol. The SMILES string of the molecule is CCC(C1CCC2OC2C1)C1CC2OC2C1. The zero-order valence-electron chi connectivity index (χ0n) is 10.1. The average Bonchev–Trinajstić information content (AvgIpc) is 3.18. The summed E-state index contributed by atoms with van der Waals surface area (Å²) in [6.07, 6.45) is 10.8. The van der Waals surface area contributed by atoms with E-state index in [2.05, 4.69) is 6.92 Å². The van der Waals surface area contributed by atoms with Gasteiger partial charge in [0.05, 0.1) is 24.4 Å². The summed E-state index contributed by atoms with van der Waals surface area (Å²) < 4.78 is 11.2. The molecule has 2 nitrogen and oxygen atoms in total. The lowest BCUT2D eigenvalue weighted by molar-refractivity contribution is 0.143. The van der Waals surface area contributed by atoms with Crippen LogP contribution in [0.1, 0.15) is 45.4 Å². The van der Waals surface area contributed by atoms with Gasteiger partial charge in [-0.15, -0.1) is 0 Å². The summed E-state index contributed by atoms with van der Waals surface area (Å²) in [6.45, 7) is 2.38. The topological polar surface area (TPSA) is 25.1 Å². The minimum absolute atomic E-state index is 0.653. The van der Waals surface area contributed by atoms with Crippen molar-refractivity contribution in [2.45, 2.75) is 69.9 Å². The third kappa shape index (κ3) is 1.53. The van der Waals surface area contributed by atoms with Crippen LogP contribution < -0.4 is 0 Å². The molecule has 0 aromatic heterocycles. The molecule has 0 radical (unpaired) electrons. The van der Waals surface area contributed by atoms with E-state index in [1.165, 1.54) is 38.5 Å². The maximum absolute atomic E-state index is 5.67. The summed E-state index contributed by atoms with van der Waals surface area (Å²) >= 11 is 0. The van der Waals surface area contributed by atoms with Crippen LogP contribution in [0.15, 0.2) is 0 Å². The summed E-state index contributed by atoms with van der Waals surface area (Å²) in [5.41, 5.74) is 0. The van der Waals surface area contributed by atoms with Gasteiger partial charge in [0.25, 0.3) is 0 Å². The van der Waals surface area contributed by atoms with Crippen molar-refractivity contribution in [3.63, 3.8) is 0 Å². The fraction of sp³-hybridized carbons (Fsp3) is 1.00. The van der Waals surface area contributed by atoms with Crippen LogP contribution in [0.3, 0.4) is 0 Å². The summed E-state index contributed by atoms with van der Waals surface area (Å²) in [5.74, 6) is 2.88. The molecule has 0 aromatic carbocycles. The first-order valence-electron chi connectivity index (χ1n) is 7.16. The van der Waals surface area contributed by atoms with E-state index < -0.39 is 0 Å². The smallest absolute Gasteiger partial charge is 0.0844 e. The van der Waals surface area contributed by atoms with Gasteiger partial charge in [-0.05, 0) is 49.9 Å². The van der Waals surface area contributed by atoms with Crippen LogP contribution in [0, 0.1) is 17.8 Å². The summed E-state index contributed by atoms with van der Waals surface area (Å²) in [7, 11) is 0. The molecule has 2 heterocycles. The molecule has 90 valence electrons. The van der Waals surface area contributed by atoms with Crippen molar-refractivity contribution in [2.24, 2.45) is 17.8 Å². The minimum Gasteiger partial charge on any atom is -0.370 e. The van der Waals surface area contributed by atoms with Crippen molar-refractivity contribution in [3.05, 3.63) is 0 Å². The fourth-order valence-electron chi connectivity index (χ4n) is 4.51. The fourth-order valence-corrected chi connectivity index (χ4v) is 4.51. The third-order valence-electron chi connectivity index (χ3n) is 5.48. The Hall–Kier alpha value is -0.0800. The molecule has 0 amide bonds. The van der Waals surface area contributed by atoms with Crippen molar-refractivity contribution in [2.75, 3.05) is 0 Å². The Balaban J connectivity index is 1.42. The van der Waals surface area contributed by atoms with E-state index in [4.69, 9.17) is 9.47 Å². The molecule has 0 aromatic rings. The van der Waals surface area contributed by atoms with Crippen LogP contribution in [0.4, 0.5) is 0 Å². The number of hydrogen-bond donors (Lipinski definition) is 0. The normalized spacial score (nSPS) is 55.3. The third-order valence-corrected chi connectivity index (χ3v) is 5.48. The zero-order valence-corrected chi connectivity index (χ0v) is 10.1. The van der Waals surface area contributed by atoms with E-state index in [1.807, 2.05) is 0 Å². The second kappa shape index (κ2) is 3.46. The Labute approximate surface area is 97.7 Å². The molecule has 6 unspecified atom stereocenters. The van der Waals surface area contributed by atoms with Crippen LogP contribution >= 0.6 is 0 Å². The van der Waals surface area contributed by atoms with E-state index >= 15 is 0 Å². The van der Waals surface area contributed by atoms with Crippen LogP contribution in [-0.4, -0.2) is 24.4 Å². The van der Waals surface area contributed by atoms with Gasteiger partial charge < -0.3 is 9.47 Å². The molecule has 0 spiro atoms. The molecule has 2 heteroatoms. The molecule has 0 bridgehead atoms. The van der Waals surface area contributed by atoms with Crippen molar-refractivity contribution in [3.8, 4) is 0 Å². The standard InChI is InChI=1S/C14H22O2/c1-2-10(9-6-13-14(7-9)16-13)8-3-4-11-12(5-8)15-11/h8-14H,2-7H2,1H3. The molecule has 4 aliphatic rings. The number of rotatable bonds is 3. The van der Waals surface area contributed by atoms with Crippen molar-refractivity contribution in [1.82, 2.24) is 0 Å². The second-order valence-corrected chi connectivity index (χ2v) is 6.30.